The van der Waals surface area contributed by atoms with E-state index in [1.165, 1.54) is 11.1 Å². The first-order valence-corrected chi connectivity index (χ1v) is 6.42. The van der Waals surface area contributed by atoms with Crippen LogP contribution in [0.5, 0.6) is 0 Å². The van der Waals surface area contributed by atoms with Gasteiger partial charge in [0, 0.05) is 0 Å². The summed E-state index contributed by atoms with van der Waals surface area (Å²) in [6, 6.07) is 0.644. The average molecular weight is 232 g/mol. The minimum atomic E-state index is 0.183. The first-order valence-electron chi connectivity index (χ1n) is 6.42. The van der Waals surface area contributed by atoms with Gasteiger partial charge >= 0.3 is 0 Å². The third kappa shape index (κ3) is 2.31. The summed E-state index contributed by atoms with van der Waals surface area (Å²) in [5, 5.41) is 3.32. The molecule has 2 rings (SSSR count). The Bertz CT molecular complexity index is 400. The van der Waals surface area contributed by atoms with Gasteiger partial charge in [-0.2, -0.15) is 0 Å². The molecule has 0 aromatic carbocycles. The Labute approximate surface area is 105 Å². The summed E-state index contributed by atoms with van der Waals surface area (Å²) in [7, 11) is 0. The normalized spacial score (nSPS) is 28.4. The van der Waals surface area contributed by atoms with E-state index in [1.807, 2.05) is 6.34 Å². The van der Waals surface area contributed by atoms with Crippen molar-refractivity contribution in [2.75, 3.05) is 0 Å². The highest BCUT2D eigenvalue weighted by atomic mass is 15.1. The van der Waals surface area contributed by atoms with Gasteiger partial charge < -0.3 is 5.32 Å². The monoisotopic (exact) mass is 232 g/mol. The van der Waals surface area contributed by atoms with Gasteiger partial charge in [-0.1, -0.05) is 53.7 Å². The highest BCUT2D eigenvalue weighted by Crippen LogP contribution is 2.43. The van der Waals surface area contributed by atoms with Crippen molar-refractivity contribution in [3.8, 4) is 0 Å². The molecule has 0 aromatic rings. The Morgan fingerprint density at radius 3 is 2.00 bits per heavy atom. The van der Waals surface area contributed by atoms with Gasteiger partial charge in [-0.25, -0.2) is 0 Å². The largest absolute Gasteiger partial charge is 0.368 e. The fraction of sp³-hybridized carbons (Fsp3) is 0.667. The molecular formula is C15H24N2. The van der Waals surface area contributed by atoms with E-state index < -0.39 is 0 Å². The van der Waals surface area contributed by atoms with Crippen molar-refractivity contribution in [2.45, 2.75) is 53.6 Å². The number of hydrogen-bond acceptors (Lipinski definition) is 2. The lowest BCUT2D eigenvalue weighted by molar-refractivity contribution is 0.431. The molecule has 1 aliphatic heterocycles. The van der Waals surface area contributed by atoms with E-state index in [2.05, 4.69) is 64.0 Å². The summed E-state index contributed by atoms with van der Waals surface area (Å²) in [6.45, 7) is 13.7. The van der Waals surface area contributed by atoms with Crippen LogP contribution in [0.4, 0.5) is 0 Å². The van der Waals surface area contributed by atoms with Crippen molar-refractivity contribution in [3.05, 3.63) is 23.3 Å². The van der Waals surface area contributed by atoms with E-state index in [-0.39, 0.29) is 16.9 Å². The second kappa shape index (κ2) is 3.72. The highest BCUT2D eigenvalue weighted by Gasteiger charge is 2.35. The summed E-state index contributed by atoms with van der Waals surface area (Å²) in [4.78, 5) is 4.48. The predicted octanol–water partition coefficient (Wildman–Crippen LogP) is 3.31. The maximum Gasteiger partial charge on any atom is 0.0940 e. The van der Waals surface area contributed by atoms with E-state index in [0.29, 0.717) is 6.04 Å². The molecule has 1 heterocycles. The zero-order chi connectivity index (χ0) is 12.8. The number of hydrogen-bond donors (Lipinski definition) is 1. The van der Waals surface area contributed by atoms with Crippen LogP contribution in [0.15, 0.2) is 28.3 Å². The van der Waals surface area contributed by atoms with Crippen LogP contribution < -0.4 is 5.32 Å². The summed E-state index contributed by atoms with van der Waals surface area (Å²) in [6.07, 6.45) is 6.56. The summed E-state index contributed by atoms with van der Waals surface area (Å²) < 4.78 is 0. The highest BCUT2D eigenvalue weighted by molar-refractivity contribution is 5.62. The topological polar surface area (TPSA) is 24.4 Å². The Morgan fingerprint density at radius 1 is 0.941 bits per heavy atom. The van der Waals surface area contributed by atoms with Crippen LogP contribution in [0, 0.1) is 10.8 Å². The van der Waals surface area contributed by atoms with Crippen LogP contribution in [0.2, 0.25) is 0 Å². The molecule has 2 unspecified atom stereocenters. The second-order valence-electron chi connectivity index (χ2n) is 7.12. The number of nitrogens with one attached hydrogen (secondary N) is 1. The maximum atomic E-state index is 4.48. The standard InChI is InChI=1S/C15H24N2/c1-14(2,3)10-7-12-13(17-9-16-12)8-11(10)15(4,5)6/h7-9,12-13H,1-6H3,(H,16,17). The lowest BCUT2D eigenvalue weighted by Gasteiger charge is -2.37. The first-order chi connectivity index (χ1) is 7.69. The quantitative estimate of drug-likeness (QED) is 0.681. The number of rotatable bonds is 0. The van der Waals surface area contributed by atoms with Gasteiger partial charge in [0.1, 0.15) is 0 Å². The van der Waals surface area contributed by atoms with E-state index in [4.69, 9.17) is 0 Å². The number of fused-ring (bicyclic) bond motifs is 1. The Morgan fingerprint density at radius 2 is 1.47 bits per heavy atom. The third-order valence-electron chi connectivity index (χ3n) is 3.47. The van der Waals surface area contributed by atoms with Crippen LogP contribution >= 0.6 is 0 Å². The molecule has 2 nitrogen and oxygen atoms in total. The molecule has 1 aliphatic carbocycles. The molecule has 0 amide bonds. The van der Waals surface area contributed by atoms with Gasteiger partial charge in [0.05, 0.1) is 18.4 Å². The van der Waals surface area contributed by atoms with Crippen LogP contribution in [0.3, 0.4) is 0 Å². The van der Waals surface area contributed by atoms with Crippen molar-refractivity contribution in [1.82, 2.24) is 5.32 Å². The number of allylic oxidation sites excluding steroid dienone is 2. The molecular weight excluding hydrogens is 208 g/mol. The molecule has 0 fully saturated rings. The summed E-state index contributed by atoms with van der Waals surface area (Å²) >= 11 is 0. The third-order valence-corrected chi connectivity index (χ3v) is 3.47. The fourth-order valence-corrected chi connectivity index (χ4v) is 2.54. The fourth-order valence-electron chi connectivity index (χ4n) is 2.54. The summed E-state index contributed by atoms with van der Waals surface area (Å²) in [5.74, 6) is 0. The molecule has 17 heavy (non-hydrogen) atoms. The lowest BCUT2D eigenvalue weighted by atomic mass is 9.69. The van der Waals surface area contributed by atoms with Gasteiger partial charge in [-0.05, 0) is 22.0 Å². The molecule has 2 heteroatoms. The van der Waals surface area contributed by atoms with Gasteiger partial charge in [0.25, 0.3) is 0 Å². The van der Waals surface area contributed by atoms with Crippen molar-refractivity contribution in [2.24, 2.45) is 15.8 Å². The molecule has 0 spiro atoms. The SMILES string of the molecule is CC(C)(C)C1=CC2N=CNC2C=C1C(C)(C)C. The van der Waals surface area contributed by atoms with E-state index in [9.17, 15) is 0 Å². The van der Waals surface area contributed by atoms with Crippen LogP contribution in [-0.2, 0) is 0 Å². The van der Waals surface area contributed by atoms with Crippen molar-refractivity contribution < 1.29 is 0 Å². The molecule has 94 valence electrons. The molecule has 0 radical (unpaired) electrons. The molecule has 0 saturated carbocycles. The molecule has 0 saturated heterocycles. The zero-order valence-electron chi connectivity index (χ0n) is 11.8. The van der Waals surface area contributed by atoms with E-state index in [0.717, 1.165) is 0 Å². The van der Waals surface area contributed by atoms with Gasteiger partial charge in [0.15, 0.2) is 0 Å². The minimum Gasteiger partial charge on any atom is -0.368 e. The van der Waals surface area contributed by atoms with Crippen LogP contribution in [0.1, 0.15) is 41.5 Å². The molecule has 1 N–H and O–H groups in total. The molecule has 0 bridgehead atoms. The van der Waals surface area contributed by atoms with E-state index >= 15 is 0 Å². The molecule has 2 aliphatic rings. The number of aliphatic imine (C=N–C) groups is 1. The first kappa shape index (κ1) is 12.4. The Balaban J connectivity index is 2.45. The number of nitrogens with zero attached hydrogens (tertiary/aromatic N) is 1. The summed E-state index contributed by atoms with van der Waals surface area (Å²) in [5.41, 5.74) is 3.28. The molecule has 2 atom stereocenters. The second-order valence-corrected chi connectivity index (χ2v) is 7.12. The zero-order valence-corrected chi connectivity index (χ0v) is 11.8. The minimum absolute atomic E-state index is 0.183. The van der Waals surface area contributed by atoms with Crippen molar-refractivity contribution >= 4 is 6.34 Å². The van der Waals surface area contributed by atoms with Crippen LogP contribution in [0.25, 0.3) is 0 Å². The predicted molar refractivity (Wildman–Crippen MR) is 74.3 cm³/mol. The molecule has 0 aromatic heterocycles. The maximum absolute atomic E-state index is 4.48. The van der Waals surface area contributed by atoms with Gasteiger partial charge in [0.2, 0.25) is 0 Å². The Hall–Kier alpha value is -1.05. The van der Waals surface area contributed by atoms with Gasteiger partial charge in [-0.3, -0.25) is 4.99 Å². The van der Waals surface area contributed by atoms with Crippen molar-refractivity contribution in [3.63, 3.8) is 0 Å². The van der Waals surface area contributed by atoms with E-state index in [1.54, 1.807) is 0 Å². The van der Waals surface area contributed by atoms with Gasteiger partial charge in [-0.15, -0.1) is 0 Å². The smallest absolute Gasteiger partial charge is 0.0940 e. The van der Waals surface area contributed by atoms with Crippen molar-refractivity contribution in [1.29, 1.82) is 0 Å². The Kier molecular flexibility index (Phi) is 2.72. The average Bonchev–Trinajstić information content (AvgIpc) is 2.59. The van der Waals surface area contributed by atoms with Crippen LogP contribution in [-0.4, -0.2) is 18.4 Å². The lowest BCUT2D eigenvalue weighted by Crippen LogP contribution is -2.35.